The summed E-state index contributed by atoms with van der Waals surface area (Å²) < 4.78 is 16.7. The van der Waals surface area contributed by atoms with Crippen molar-refractivity contribution in [1.82, 2.24) is 0 Å². The summed E-state index contributed by atoms with van der Waals surface area (Å²) >= 11 is 5.49. The fraction of sp³-hybridized carbons (Fsp3) is 0.718. The van der Waals surface area contributed by atoms with E-state index in [9.17, 15) is 9.18 Å². The molecule has 0 bridgehead atoms. The van der Waals surface area contributed by atoms with Crippen molar-refractivity contribution in [3.63, 3.8) is 0 Å². The first kappa shape index (κ1) is 170. The Morgan fingerprint density at radius 2 is 0.870 bits per heavy atom. The lowest BCUT2D eigenvalue weighted by atomic mass is 9.82. The molecule has 2 aromatic rings. The zero-order valence-corrected chi connectivity index (χ0v) is 54.7. The quantitative estimate of drug-likeness (QED) is 0.0657. The molecular weight excluding hydrogens is 1260 g/mol. The number of hydrogen-bond donors (Lipinski definition) is 0. The minimum atomic E-state index is -0.764. The van der Waals surface area contributed by atoms with Gasteiger partial charge >= 0.3 is 5.97 Å². The summed E-state index contributed by atoms with van der Waals surface area (Å²) in [7, 11) is 0. The predicted octanol–water partition coefficient (Wildman–Crippen LogP) is 30.1. The first-order chi connectivity index (χ1) is 38.1. The molecule has 0 spiro atoms. The van der Waals surface area contributed by atoms with Crippen LogP contribution in [0.5, 0.6) is 0 Å². The zero-order chi connectivity index (χ0) is 65.8. The molecule has 100 heavy (non-hydrogen) atoms. The number of halogens is 2. The highest BCUT2D eigenvalue weighted by atomic mass is 35.5. The predicted molar refractivity (Wildman–Crippen MR) is 451 cm³/mol. The molecule has 0 aliphatic rings. The van der Waals surface area contributed by atoms with E-state index in [-0.39, 0.29) is 187 Å². The number of carbonyl (C=O) groups excluding carboxylic acids is 1. The molecule has 0 aliphatic heterocycles. The number of nitriles is 10. The number of carbonyl (C=O) groups is 1. The molecule has 6 atom stereocenters. The van der Waals surface area contributed by atoms with Crippen molar-refractivity contribution in [2.75, 3.05) is 19.2 Å². The fourth-order valence-corrected chi connectivity index (χ4v) is 4.08. The van der Waals surface area contributed by atoms with Crippen molar-refractivity contribution in [1.29, 1.82) is 52.6 Å². The average Bonchev–Trinajstić information content (AvgIpc) is 0.878. The second-order valence-electron chi connectivity index (χ2n) is 22.1. The van der Waals surface area contributed by atoms with Gasteiger partial charge in [-0.3, -0.25) is 4.79 Å². The van der Waals surface area contributed by atoms with Crippen LogP contribution in [0.3, 0.4) is 0 Å². The van der Waals surface area contributed by atoms with Crippen LogP contribution in [0.4, 0.5) is 4.39 Å². The molecule has 2 rings (SSSR count). The Labute approximate surface area is 636 Å². The average molecular weight is 1430 g/mol. The molecule has 6 unspecified atom stereocenters. The van der Waals surface area contributed by atoms with Crippen molar-refractivity contribution in [2.24, 2.45) is 38.9 Å². The van der Waals surface area contributed by atoms with Gasteiger partial charge in [-0.15, -0.1) is 11.6 Å². The fourth-order valence-electron chi connectivity index (χ4n) is 3.83. The highest BCUT2D eigenvalue weighted by molar-refractivity contribution is 6.18. The number of nitrogens with zero attached hydrogens (tertiary/aromatic N) is 11. The van der Waals surface area contributed by atoms with E-state index in [0.717, 1.165) is 49.7 Å². The van der Waals surface area contributed by atoms with Crippen LogP contribution in [0, 0.1) is 159 Å². The molecule has 2 aromatic carbocycles. The van der Waals surface area contributed by atoms with Crippen LogP contribution in [0.2, 0.25) is 0 Å². The van der Waals surface area contributed by atoms with Crippen LogP contribution >= 0.6 is 11.6 Å². The summed E-state index contributed by atoms with van der Waals surface area (Å²) in [6.45, 7) is 46.8. The van der Waals surface area contributed by atoms with Crippen molar-refractivity contribution in [3.8, 4) is 60.7 Å². The van der Waals surface area contributed by atoms with Crippen LogP contribution in [-0.4, -0.2) is 31.2 Å². The van der Waals surface area contributed by atoms with Crippen LogP contribution in [0.1, 0.15) is 365 Å². The summed E-state index contributed by atoms with van der Waals surface area (Å²) in [6, 6.07) is 35.9. The van der Waals surface area contributed by atoms with E-state index in [1.165, 1.54) is 11.1 Å². The monoisotopic (exact) mass is 1430 g/mol. The van der Waals surface area contributed by atoms with Gasteiger partial charge in [0.1, 0.15) is 24.6 Å². The Hall–Kier alpha value is -7.48. The van der Waals surface area contributed by atoms with Gasteiger partial charge in [0.2, 0.25) is 6.04 Å². The van der Waals surface area contributed by atoms with Gasteiger partial charge in [0.05, 0.1) is 99.9 Å². The lowest BCUT2D eigenvalue weighted by Gasteiger charge is -2.23. The molecular formula is C85H171ClFN11O2. The zero-order valence-electron chi connectivity index (χ0n) is 53.9. The summed E-state index contributed by atoms with van der Waals surface area (Å²) in [5.74, 6) is 0.912. The minimum absolute atomic E-state index is 0. The Morgan fingerprint density at radius 3 is 1.02 bits per heavy atom. The van der Waals surface area contributed by atoms with Crippen LogP contribution in [-0.2, 0) is 14.9 Å². The molecule has 0 amide bonds. The number of benzene rings is 2. The Balaban J connectivity index is -0.0000000272. The molecule has 0 saturated carbocycles. The standard InChI is InChI=1S/C12H15N.C11H13N.C9H15NO2.C6H10ClN.C6H10FN.2C6H8N2.C6H11N.C5H9N.18CH4/c1-4-12(2,3)11-7-5-10(9-13)6-8-11;1-3-9(2)11-6-4-10(8-12)5-7-11;1-4-9(2,3)8(11)12-7-5-6-10;2*1-3-6(2,4-7)5-8;1-5(4-7)6(2)8-3;1-3-6(2,4-7)5-8;1-4-6(2,3)5-7;1-3-5(2)4-6;;;;;;;;;;;;;;;;;;/h5-8H,4H2,1-3H3;4-7,9H,3H2,1-2H3;4-5,7H2,1-3H3;2*3-4H2,1-2H3;5-6H,1-2H3;3H2,1-2H3;4H2,1-3H3;5H,3H2,1-2H3;18*1H4. The molecule has 0 heterocycles. The Bertz CT molecular complexity index is 2450. The maximum atomic E-state index is 11.8. The van der Waals surface area contributed by atoms with Crippen LogP contribution in [0.25, 0.3) is 4.85 Å². The van der Waals surface area contributed by atoms with E-state index in [2.05, 4.69) is 69.8 Å². The van der Waals surface area contributed by atoms with E-state index >= 15 is 0 Å². The largest absolute Gasteiger partial charge is 0.464 e. The van der Waals surface area contributed by atoms with Crippen LogP contribution < -0.4 is 0 Å². The van der Waals surface area contributed by atoms with E-state index in [1.807, 2.05) is 162 Å². The third-order valence-corrected chi connectivity index (χ3v) is 14.4. The summed E-state index contributed by atoms with van der Waals surface area (Å²) in [5.41, 5.74) is 1.97. The summed E-state index contributed by atoms with van der Waals surface area (Å²) in [6.07, 6.45) is 7.18. The third-order valence-electron chi connectivity index (χ3n) is 13.8. The lowest BCUT2D eigenvalue weighted by Crippen LogP contribution is -2.25. The van der Waals surface area contributed by atoms with Gasteiger partial charge in [0, 0.05) is 18.7 Å². The lowest BCUT2D eigenvalue weighted by molar-refractivity contribution is -0.153. The van der Waals surface area contributed by atoms with Gasteiger partial charge in [-0.1, -0.05) is 234 Å². The number of ether oxygens (including phenoxy) is 1. The van der Waals surface area contributed by atoms with Crippen molar-refractivity contribution in [3.05, 3.63) is 82.2 Å². The number of alkyl halides is 2. The van der Waals surface area contributed by atoms with E-state index < -0.39 is 22.9 Å². The minimum Gasteiger partial charge on any atom is -0.464 e. The number of esters is 1. The van der Waals surface area contributed by atoms with Gasteiger partial charge in [-0.05, 0) is 160 Å². The first-order valence-electron chi connectivity index (χ1n) is 28.0. The normalized spacial score (nSPS) is 10.3. The molecule has 0 aliphatic carbocycles. The van der Waals surface area contributed by atoms with Crippen LogP contribution in [0.15, 0.2) is 48.5 Å². The molecule has 0 N–H and O–H groups in total. The summed E-state index contributed by atoms with van der Waals surface area (Å²) in [5, 5.41) is 83.5. The molecule has 0 fully saturated rings. The Morgan fingerprint density at radius 1 is 0.500 bits per heavy atom. The maximum Gasteiger partial charge on any atom is 0.311 e. The van der Waals surface area contributed by atoms with E-state index in [0.29, 0.717) is 24.6 Å². The number of rotatable bonds is 16. The van der Waals surface area contributed by atoms with Gasteiger partial charge in [-0.2, -0.15) is 52.6 Å². The number of hydrogen-bond acceptors (Lipinski definition) is 12. The topological polar surface area (TPSA) is 269 Å². The van der Waals surface area contributed by atoms with Crippen molar-refractivity contribution >= 4 is 17.6 Å². The van der Waals surface area contributed by atoms with Gasteiger partial charge in [-0.25, -0.2) is 11.0 Å². The van der Waals surface area contributed by atoms with Gasteiger partial charge in [0.25, 0.3) is 0 Å². The van der Waals surface area contributed by atoms with Crippen molar-refractivity contribution < 1.29 is 13.9 Å². The van der Waals surface area contributed by atoms with E-state index in [4.69, 9.17) is 75.5 Å². The highest BCUT2D eigenvalue weighted by Gasteiger charge is 2.27. The molecule has 0 saturated heterocycles. The smallest absolute Gasteiger partial charge is 0.311 e. The maximum absolute atomic E-state index is 11.8. The third kappa shape index (κ3) is 88.5. The first-order valence-corrected chi connectivity index (χ1v) is 28.5. The molecule has 592 valence electrons. The molecule has 0 aromatic heterocycles. The summed E-state index contributed by atoms with van der Waals surface area (Å²) in [4.78, 5) is 14.4. The Kier molecular flexibility index (Phi) is 166. The second kappa shape index (κ2) is 97.9. The van der Waals surface area contributed by atoms with Gasteiger partial charge < -0.3 is 9.58 Å². The molecule has 0 radical (unpaired) electrons. The van der Waals surface area contributed by atoms with Gasteiger partial charge in [0.15, 0.2) is 0 Å². The molecule has 15 heteroatoms. The van der Waals surface area contributed by atoms with E-state index in [1.54, 1.807) is 27.7 Å². The highest BCUT2D eigenvalue weighted by Crippen LogP contribution is 2.27. The molecule has 13 nitrogen and oxygen atoms in total. The second-order valence-corrected chi connectivity index (χ2v) is 22.3. The SMILES string of the molecule is C.C.C.C.C.C.C.C.C.C.C.C.C.C.C.C.C.C.CCC(C)(C#N)C#N.CCC(C)(C#N)CCl.CCC(C)(C#N)CF.CCC(C)(C)C#N.CCC(C)(C)C(=O)OCCC#N.CCC(C)(C)c1ccc(C#N)cc1.CCC(C)C#N.CCC(C)c1ccc(C#N)cc1.[C-]#[N+]C(C)C(C)C#N. The van der Waals surface area contributed by atoms with Crippen molar-refractivity contribution in [2.45, 2.75) is 354 Å².